The first-order valence-corrected chi connectivity index (χ1v) is 8.16. The van der Waals surface area contributed by atoms with E-state index >= 15 is 0 Å². The molecule has 0 aliphatic heterocycles. The van der Waals surface area contributed by atoms with Crippen LogP contribution in [0.3, 0.4) is 0 Å². The Morgan fingerprint density at radius 3 is 2.71 bits per heavy atom. The zero-order chi connectivity index (χ0) is 15.0. The Kier molecular flexibility index (Phi) is 4.06. The third kappa shape index (κ3) is 2.86. The van der Waals surface area contributed by atoms with E-state index in [1.54, 1.807) is 11.3 Å². The van der Waals surface area contributed by atoms with Crippen LogP contribution in [0.15, 0.2) is 23.6 Å². The lowest BCUT2D eigenvalue weighted by Gasteiger charge is -2.25. The van der Waals surface area contributed by atoms with Crippen molar-refractivity contribution in [1.29, 1.82) is 0 Å². The highest BCUT2D eigenvalue weighted by Crippen LogP contribution is 2.40. The van der Waals surface area contributed by atoms with Crippen molar-refractivity contribution < 1.29 is 4.92 Å². The van der Waals surface area contributed by atoms with Crippen LogP contribution < -0.4 is 5.32 Å². The zero-order valence-corrected chi connectivity index (χ0v) is 13.3. The van der Waals surface area contributed by atoms with Gasteiger partial charge in [-0.3, -0.25) is 10.1 Å². The molecule has 0 spiro atoms. The Bertz CT molecular complexity index is 679. The van der Waals surface area contributed by atoms with Crippen LogP contribution in [-0.2, 0) is 6.42 Å². The summed E-state index contributed by atoms with van der Waals surface area (Å²) in [7, 11) is 0. The summed E-state index contributed by atoms with van der Waals surface area (Å²) in [4.78, 5) is 11.7. The van der Waals surface area contributed by atoms with E-state index in [4.69, 9.17) is 23.2 Å². The fraction of sp³-hybridized carbons (Fsp3) is 0.286. The van der Waals surface area contributed by atoms with E-state index in [1.165, 1.54) is 22.6 Å². The van der Waals surface area contributed by atoms with Crippen LogP contribution in [0.25, 0.3) is 0 Å². The largest absolute Gasteiger partial charge is 0.376 e. The predicted octanol–water partition coefficient (Wildman–Crippen LogP) is 5.45. The molecule has 1 aromatic heterocycles. The Balaban J connectivity index is 1.92. The van der Waals surface area contributed by atoms with Crippen LogP contribution in [0.1, 0.15) is 29.3 Å². The summed E-state index contributed by atoms with van der Waals surface area (Å²) in [6.45, 7) is 0. The SMILES string of the molecule is O=[N+]([O-])c1cc(Cl)c(NC2CCCc3sccc32)c(Cl)c1. The van der Waals surface area contributed by atoms with Crippen molar-refractivity contribution in [2.75, 3.05) is 5.32 Å². The molecule has 7 heteroatoms. The molecule has 0 bridgehead atoms. The maximum atomic E-state index is 10.8. The number of benzene rings is 1. The number of aryl methyl sites for hydroxylation is 1. The summed E-state index contributed by atoms with van der Waals surface area (Å²) in [5, 5.41) is 16.8. The molecule has 0 saturated carbocycles. The number of non-ortho nitro benzene ring substituents is 1. The molecule has 1 aromatic carbocycles. The van der Waals surface area contributed by atoms with Gasteiger partial charge in [0, 0.05) is 17.0 Å². The number of nitro benzene ring substituents is 1. The van der Waals surface area contributed by atoms with Crippen LogP contribution in [0.5, 0.6) is 0 Å². The van der Waals surface area contributed by atoms with Gasteiger partial charge in [-0.25, -0.2) is 0 Å². The fourth-order valence-corrected chi connectivity index (χ4v) is 4.19. The molecule has 21 heavy (non-hydrogen) atoms. The highest BCUT2D eigenvalue weighted by molar-refractivity contribution is 7.10. The van der Waals surface area contributed by atoms with E-state index in [1.807, 2.05) is 0 Å². The van der Waals surface area contributed by atoms with Crippen molar-refractivity contribution in [1.82, 2.24) is 0 Å². The van der Waals surface area contributed by atoms with E-state index in [9.17, 15) is 10.1 Å². The molecule has 1 N–H and O–H groups in total. The lowest BCUT2D eigenvalue weighted by atomic mass is 9.94. The average Bonchev–Trinajstić information content (AvgIpc) is 2.91. The summed E-state index contributed by atoms with van der Waals surface area (Å²) in [6.07, 6.45) is 3.20. The van der Waals surface area contributed by atoms with Crippen molar-refractivity contribution in [3.63, 3.8) is 0 Å². The molecule has 2 aromatic rings. The molecular formula is C14H12Cl2N2O2S. The van der Waals surface area contributed by atoms with Gasteiger partial charge in [-0.1, -0.05) is 23.2 Å². The molecular weight excluding hydrogens is 331 g/mol. The molecule has 4 nitrogen and oxygen atoms in total. The molecule has 1 aliphatic carbocycles. The van der Waals surface area contributed by atoms with Crippen LogP contribution >= 0.6 is 34.5 Å². The summed E-state index contributed by atoms with van der Waals surface area (Å²) < 4.78 is 0. The minimum absolute atomic E-state index is 0.101. The predicted molar refractivity (Wildman–Crippen MR) is 86.7 cm³/mol. The van der Waals surface area contributed by atoms with Crippen molar-refractivity contribution in [3.8, 4) is 0 Å². The molecule has 0 fully saturated rings. The average molecular weight is 343 g/mol. The number of nitro groups is 1. The Morgan fingerprint density at radius 1 is 1.33 bits per heavy atom. The van der Waals surface area contributed by atoms with Crippen molar-refractivity contribution in [2.45, 2.75) is 25.3 Å². The summed E-state index contributed by atoms with van der Waals surface area (Å²) in [5.41, 5.74) is 1.74. The maximum absolute atomic E-state index is 10.8. The van der Waals surface area contributed by atoms with Crippen molar-refractivity contribution >= 4 is 45.9 Å². The van der Waals surface area contributed by atoms with Gasteiger partial charge < -0.3 is 5.32 Å². The number of rotatable bonds is 3. The van der Waals surface area contributed by atoms with Crippen LogP contribution in [-0.4, -0.2) is 4.92 Å². The molecule has 1 atom stereocenters. The van der Waals surface area contributed by atoms with Crippen molar-refractivity contribution in [3.05, 3.63) is 54.2 Å². The second kappa shape index (κ2) is 5.83. The number of halogens is 2. The van der Waals surface area contributed by atoms with E-state index < -0.39 is 4.92 Å². The number of fused-ring (bicyclic) bond motifs is 1. The van der Waals surface area contributed by atoms with E-state index in [-0.39, 0.29) is 21.8 Å². The third-order valence-corrected chi connectivity index (χ3v) is 5.20. The van der Waals surface area contributed by atoms with Crippen LogP contribution in [0.2, 0.25) is 10.0 Å². The number of hydrogen-bond acceptors (Lipinski definition) is 4. The first kappa shape index (κ1) is 14.6. The summed E-state index contributed by atoms with van der Waals surface area (Å²) >= 11 is 14.1. The van der Waals surface area contributed by atoms with E-state index in [0.29, 0.717) is 5.69 Å². The lowest BCUT2D eigenvalue weighted by molar-refractivity contribution is -0.384. The van der Waals surface area contributed by atoms with Gasteiger partial charge in [0.15, 0.2) is 0 Å². The van der Waals surface area contributed by atoms with Crippen LogP contribution in [0.4, 0.5) is 11.4 Å². The Morgan fingerprint density at radius 2 is 2.05 bits per heavy atom. The number of nitrogens with one attached hydrogen (secondary N) is 1. The molecule has 1 heterocycles. The van der Waals surface area contributed by atoms with Crippen molar-refractivity contribution in [2.24, 2.45) is 0 Å². The van der Waals surface area contributed by atoms with E-state index in [0.717, 1.165) is 19.3 Å². The van der Waals surface area contributed by atoms with Gasteiger partial charge in [0.1, 0.15) is 0 Å². The number of thiophene rings is 1. The van der Waals surface area contributed by atoms with Gasteiger partial charge in [-0.05, 0) is 36.3 Å². The topological polar surface area (TPSA) is 55.2 Å². The lowest BCUT2D eigenvalue weighted by Crippen LogP contribution is -2.16. The van der Waals surface area contributed by atoms with Gasteiger partial charge in [0.2, 0.25) is 0 Å². The van der Waals surface area contributed by atoms with E-state index in [2.05, 4.69) is 16.8 Å². The quantitative estimate of drug-likeness (QED) is 0.595. The van der Waals surface area contributed by atoms with Gasteiger partial charge in [0.25, 0.3) is 5.69 Å². The molecule has 0 saturated heterocycles. The standard InChI is InChI=1S/C14H12Cl2N2O2S/c15-10-6-8(18(19)20)7-11(16)14(10)17-12-2-1-3-13-9(12)4-5-21-13/h4-7,12,17H,1-3H2. The Labute approximate surface area is 135 Å². The second-order valence-corrected chi connectivity index (χ2v) is 6.74. The minimum atomic E-state index is -0.501. The first-order chi connectivity index (χ1) is 10.1. The number of hydrogen-bond donors (Lipinski definition) is 1. The minimum Gasteiger partial charge on any atom is -0.376 e. The molecule has 1 unspecified atom stereocenters. The maximum Gasteiger partial charge on any atom is 0.272 e. The Hall–Kier alpha value is -1.30. The summed E-state index contributed by atoms with van der Waals surface area (Å²) in [5.74, 6) is 0. The summed E-state index contributed by atoms with van der Waals surface area (Å²) in [6, 6.07) is 4.92. The third-order valence-electron chi connectivity index (χ3n) is 3.61. The normalized spacial score (nSPS) is 17.3. The first-order valence-electron chi connectivity index (χ1n) is 6.52. The number of nitrogens with zero attached hydrogens (tertiary/aromatic N) is 1. The zero-order valence-electron chi connectivity index (χ0n) is 10.9. The van der Waals surface area contributed by atoms with Gasteiger partial charge in [0.05, 0.1) is 26.7 Å². The molecule has 0 radical (unpaired) electrons. The van der Waals surface area contributed by atoms with Gasteiger partial charge in [-0.2, -0.15) is 0 Å². The molecule has 1 aliphatic rings. The monoisotopic (exact) mass is 342 g/mol. The highest BCUT2D eigenvalue weighted by atomic mass is 35.5. The van der Waals surface area contributed by atoms with Gasteiger partial charge >= 0.3 is 0 Å². The van der Waals surface area contributed by atoms with Crippen LogP contribution in [0, 0.1) is 10.1 Å². The second-order valence-electron chi connectivity index (χ2n) is 4.93. The van der Waals surface area contributed by atoms with Gasteiger partial charge in [-0.15, -0.1) is 11.3 Å². The molecule has 3 rings (SSSR count). The fourth-order valence-electron chi connectivity index (χ4n) is 2.61. The number of anilines is 1. The smallest absolute Gasteiger partial charge is 0.272 e. The molecule has 110 valence electrons. The highest BCUT2D eigenvalue weighted by Gasteiger charge is 2.23. The molecule has 0 amide bonds.